The average Bonchev–Trinajstić information content (AvgIpc) is 3.14. The maximum absolute atomic E-state index is 6.34. The van der Waals surface area contributed by atoms with Crippen molar-refractivity contribution < 1.29 is 8.85 Å². The normalized spacial score (nSPS) is 21.6. The molecule has 0 N–H and O–H groups in total. The molecule has 25 heavy (non-hydrogen) atoms. The second-order valence-corrected chi connectivity index (χ2v) is 10.4. The molecule has 4 rings (SSSR count). The topological polar surface area (TPSA) is 18.5 Å². The molecule has 2 nitrogen and oxygen atoms in total. The highest BCUT2D eigenvalue weighted by Crippen LogP contribution is 2.52. The molecule has 128 valence electrons. The van der Waals surface area contributed by atoms with Gasteiger partial charge < -0.3 is 8.85 Å². The molecule has 0 radical (unpaired) electrons. The van der Waals surface area contributed by atoms with Crippen LogP contribution in [0.2, 0.25) is 0 Å². The zero-order valence-electron chi connectivity index (χ0n) is 15.2. The number of rotatable bonds is 4. The standard InChI is InChI=1S/C22H24O2Si/c1-15-13-17-9-5-7-11-19(17)21(15)25(23-3,24-4)22-16(2)14-18-10-6-8-12-20(18)22/h5-14,21-22H,1-4H3. The van der Waals surface area contributed by atoms with Crippen LogP contribution >= 0.6 is 0 Å². The molecule has 0 spiro atoms. The molecule has 0 amide bonds. The van der Waals surface area contributed by atoms with Gasteiger partial charge in [0, 0.05) is 14.2 Å². The minimum Gasteiger partial charge on any atom is -0.397 e. The molecule has 2 aliphatic rings. The quantitative estimate of drug-likeness (QED) is 0.707. The fraction of sp³-hybridized carbons (Fsp3) is 0.273. The lowest BCUT2D eigenvalue weighted by Crippen LogP contribution is -2.52. The molecular formula is C22H24O2Si. The van der Waals surface area contributed by atoms with Crippen molar-refractivity contribution in [2.24, 2.45) is 0 Å². The van der Waals surface area contributed by atoms with Gasteiger partial charge in [0.05, 0.1) is 11.1 Å². The third-order valence-corrected chi connectivity index (χ3v) is 10.2. The van der Waals surface area contributed by atoms with Crippen LogP contribution < -0.4 is 0 Å². The number of allylic oxidation sites excluding steroid dienone is 2. The largest absolute Gasteiger partial charge is 0.397 e. The lowest BCUT2D eigenvalue weighted by atomic mass is 10.1. The van der Waals surface area contributed by atoms with E-state index in [-0.39, 0.29) is 11.1 Å². The molecule has 2 aromatic carbocycles. The van der Waals surface area contributed by atoms with Gasteiger partial charge in [-0.15, -0.1) is 0 Å². The van der Waals surface area contributed by atoms with E-state index in [0.29, 0.717) is 0 Å². The Morgan fingerprint density at radius 2 is 1.08 bits per heavy atom. The van der Waals surface area contributed by atoms with Crippen LogP contribution in [0.15, 0.2) is 59.7 Å². The third-order valence-electron chi connectivity index (χ3n) is 5.73. The van der Waals surface area contributed by atoms with Crippen molar-refractivity contribution in [1.29, 1.82) is 0 Å². The van der Waals surface area contributed by atoms with E-state index in [9.17, 15) is 0 Å². The SMILES string of the molecule is CO[Si](OC)(C1C(C)=Cc2ccccc21)C1C(C)=Cc2ccccc21. The van der Waals surface area contributed by atoms with E-state index < -0.39 is 8.56 Å². The summed E-state index contributed by atoms with van der Waals surface area (Å²) in [4.78, 5) is 0. The molecule has 0 fully saturated rings. The summed E-state index contributed by atoms with van der Waals surface area (Å²) in [5.41, 5.74) is 8.37. The minimum absolute atomic E-state index is 0.207. The average molecular weight is 349 g/mol. The van der Waals surface area contributed by atoms with Crippen LogP contribution in [-0.2, 0) is 8.85 Å². The van der Waals surface area contributed by atoms with Gasteiger partial charge in [-0.3, -0.25) is 0 Å². The summed E-state index contributed by atoms with van der Waals surface area (Å²) in [7, 11) is 1.02. The van der Waals surface area contributed by atoms with Crippen molar-refractivity contribution in [1.82, 2.24) is 0 Å². The van der Waals surface area contributed by atoms with Crippen LogP contribution in [0.3, 0.4) is 0 Å². The maximum Gasteiger partial charge on any atom is 0.361 e. The smallest absolute Gasteiger partial charge is 0.361 e. The molecule has 0 heterocycles. The molecule has 0 bridgehead atoms. The molecular weight excluding hydrogens is 324 g/mol. The Morgan fingerprint density at radius 3 is 1.48 bits per heavy atom. The molecule has 2 unspecified atom stereocenters. The second-order valence-electron chi connectivity index (χ2n) is 7.03. The Balaban J connectivity index is 1.91. The molecule has 2 atom stereocenters. The van der Waals surface area contributed by atoms with Gasteiger partial charge in [0.1, 0.15) is 0 Å². The summed E-state index contributed by atoms with van der Waals surface area (Å²) < 4.78 is 12.7. The molecule has 0 saturated heterocycles. The summed E-state index contributed by atoms with van der Waals surface area (Å²) in [5.74, 6) is 0. The lowest BCUT2D eigenvalue weighted by molar-refractivity contribution is 0.227. The summed E-state index contributed by atoms with van der Waals surface area (Å²) in [6.07, 6.45) is 4.58. The van der Waals surface area contributed by atoms with Crippen LogP contribution in [-0.4, -0.2) is 22.8 Å². The van der Waals surface area contributed by atoms with Crippen molar-refractivity contribution in [3.05, 3.63) is 81.9 Å². The first-order valence-corrected chi connectivity index (χ1v) is 10.7. The van der Waals surface area contributed by atoms with Crippen LogP contribution in [0.4, 0.5) is 0 Å². The Hall–Kier alpha value is -1.94. The number of fused-ring (bicyclic) bond motifs is 2. The molecule has 0 aromatic heterocycles. The van der Waals surface area contributed by atoms with E-state index in [1.807, 2.05) is 14.2 Å². The van der Waals surface area contributed by atoms with Crippen molar-refractivity contribution in [3.63, 3.8) is 0 Å². The number of benzene rings is 2. The number of hydrogen-bond donors (Lipinski definition) is 0. The van der Waals surface area contributed by atoms with E-state index in [4.69, 9.17) is 8.85 Å². The highest BCUT2D eigenvalue weighted by atomic mass is 28.4. The van der Waals surface area contributed by atoms with Gasteiger partial charge in [0.15, 0.2) is 0 Å². The van der Waals surface area contributed by atoms with E-state index in [2.05, 4.69) is 74.5 Å². The van der Waals surface area contributed by atoms with Gasteiger partial charge in [-0.2, -0.15) is 0 Å². The summed E-state index contributed by atoms with van der Waals surface area (Å²) >= 11 is 0. The summed E-state index contributed by atoms with van der Waals surface area (Å²) in [5, 5.41) is 0. The molecule has 0 aliphatic heterocycles. The van der Waals surface area contributed by atoms with Crippen molar-refractivity contribution in [3.8, 4) is 0 Å². The van der Waals surface area contributed by atoms with E-state index >= 15 is 0 Å². The van der Waals surface area contributed by atoms with Crippen LogP contribution in [0.5, 0.6) is 0 Å². The molecule has 2 aliphatic carbocycles. The van der Waals surface area contributed by atoms with Crippen LogP contribution in [0.1, 0.15) is 47.2 Å². The third kappa shape index (κ3) is 2.30. The Labute approximate surface area is 151 Å². The first kappa shape index (κ1) is 16.5. The molecule has 3 heteroatoms. The highest BCUT2D eigenvalue weighted by Gasteiger charge is 2.56. The first-order chi connectivity index (χ1) is 12.1. The predicted molar refractivity (Wildman–Crippen MR) is 105 cm³/mol. The van der Waals surface area contributed by atoms with Gasteiger partial charge >= 0.3 is 8.56 Å². The summed E-state index contributed by atoms with van der Waals surface area (Å²) in [6.45, 7) is 4.43. The maximum atomic E-state index is 6.34. The molecule has 2 aromatic rings. The highest BCUT2D eigenvalue weighted by molar-refractivity contribution is 6.72. The zero-order valence-corrected chi connectivity index (χ0v) is 16.2. The fourth-order valence-electron chi connectivity index (χ4n) is 4.75. The van der Waals surface area contributed by atoms with Crippen molar-refractivity contribution in [2.75, 3.05) is 14.2 Å². The monoisotopic (exact) mass is 348 g/mol. The van der Waals surface area contributed by atoms with Crippen LogP contribution in [0.25, 0.3) is 12.2 Å². The number of hydrogen-bond acceptors (Lipinski definition) is 2. The Bertz CT molecular complexity index is 808. The van der Waals surface area contributed by atoms with Gasteiger partial charge in [0.2, 0.25) is 0 Å². The molecule has 0 saturated carbocycles. The first-order valence-electron chi connectivity index (χ1n) is 8.77. The van der Waals surface area contributed by atoms with Crippen molar-refractivity contribution >= 4 is 20.7 Å². The van der Waals surface area contributed by atoms with Crippen LogP contribution in [0, 0.1) is 0 Å². The van der Waals surface area contributed by atoms with Gasteiger partial charge in [-0.05, 0) is 36.1 Å². The Morgan fingerprint density at radius 1 is 0.680 bits per heavy atom. The predicted octanol–water partition coefficient (Wildman–Crippen LogP) is 5.20. The fourth-order valence-corrected chi connectivity index (χ4v) is 9.02. The second kappa shape index (κ2) is 6.10. The van der Waals surface area contributed by atoms with Crippen molar-refractivity contribution in [2.45, 2.75) is 24.9 Å². The van der Waals surface area contributed by atoms with Gasteiger partial charge in [-0.1, -0.05) is 71.8 Å². The van der Waals surface area contributed by atoms with E-state index in [1.54, 1.807) is 0 Å². The van der Waals surface area contributed by atoms with Gasteiger partial charge in [-0.25, -0.2) is 0 Å². The minimum atomic E-state index is -2.64. The zero-order chi connectivity index (χ0) is 17.6. The van der Waals surface area contributed by atoms with E-state index in [0.717, 1.165) is 0 Å². The Kier molecular flexibility index (Phi) is 4.03. The van der Waals surface area contributed by atoms with E-state index in [1.165, 1.54) is 33.4 Å². The van der Waals surface area contributed by atoms with Gasteiger partial charge in [0.25, 0.3) is 0 Å². The summed E-state index contributed by atoms with van der Waals surface area (Å²) in [6, 6.07) is 17.3. The lowest BCUT2D eigenvalue weighted by Gasteiger charge is -2.40.